The van der Waals surface area contributed by atoms with Gasteiger partial charge in [-0.25, -0.2) is 9.37 Å². The zero-order valence-corrected chi connectivity index (χ0v) is 18.4. The van der Waals surface area contributed by atoms with Crippen LogP contribution >= 0.6 is 0 Å². The van der Waals surface area contributed by atoms with Gasteiger partial charge in [0.05, 0.1) is 16.6 Å². The van der Waals surface area contributed by atoms with Crippen LogP contribution in [0.1, 0.15) is 62.8 Å². The van der Waals surface area contributed by atoms with Gasteiger partial charge in [-0.3, -0.25) is 9.78 Å². The number of hydrogen-bond donors (Lipinski definition) is 2. The number of halogens is 1. The fraction of sp³-hybridized carbons (Fsp3) is 0.346. The predicted molar refractivity (Wildman–Crippen MR) is 125 cm³/mol. The Morgan fingerprint density at radius 1 is 1.09 bits per heavy atom. The lowest BCUT2D eigenvalue weighted by Gasteiger charge is -2.32. The van der Waals surface area contributed by atoms with Gasteiger partial charge in [-0.2, -0.15) is 0 Å². The molecule has 1 amide bonds. The van der Waals surface area contributed by atoms with Crippen molar-refractivity contribution < 1.29 is 9.18 Å². The second kappa shape index (κ2) is 8.34. The molecule has 0 spiro atoms. The van der Waals surface area contributed by atoms with Crippen molar-refractivity contribution in [3.05, 3.63) is 65.9 Å². The highest BCUT2D eigenvalue weighted by Crippen LogP contribution is 2.43. The number of nitrogens with one attached hydrogen (secondary N) is 2. The van der Waals surface area contributed by atoms with Crippen molar-refractivity contribution in [2.75, 3.05) is 5.32 Å². The molecule has 2 heterocycles. The number of carbonyl (C=O) groups is 1. The number of carbonyl (C=O) groups excluding carboxylic acids is 1. The highest BCUT2D eigenvalue weighted by Gasteiger charge is 2.29. The van der Waals surface area contributed by atoms with Crippen LogP contribution < -0.4 is 5.32 Å². The third kappa shape index (κ3) is 3.97. The van der Waals surface area contributed by atoms with Crippen LogP contribution in [0.5, 0.6) is 0 Å². The molecule has 164 valence electrons. The Balaban J connectivity index is 1.31. The van der Waals surface area contributed by atoms with Crippen LogP contribution in [0, 0.1) is 11.7 Å². The summed E-state index contributed by atoms with van der Waals surface area (Å²) in [5, 5.41) is 3.76. The molecule has 4 aromatic rings. The Hall–Kier alpha value is -3.28. The van der Waals surface area contributed by atoms with Gasteiger partial charge in [-0.15, -0.1) is 0 Å². The van der Waals surface area contributed by atoms with Crippen LogP contribution in [0.3, 0.4) is 0 Å². The molecule has 32 heavy (non-hydrogen) atoms. The average Bonchev–Trinajstić information content (AvgIpc) is 3.21. The van der Waals surface area contributed by atoms with Crippen molar-refractivity contribution in [1.82, 2.24) is 15.0 Å². The van der Waals surface area contributed by atoms with Gasteiger partial charge >= 0.3 is 0 Å². The molecule has 1 saturated carbocycles. The average molecular weight is 431 g/mol. The molecule has 0 aliphatic heterocycles. The highest BCUT2D eigenvalue weighted by atomic mass is 19.1. The number of rotatable bonds is 4. The highest BCUT2D eigenvalue weighted by molar-refractivity contribution is 5.91. The molecule has 1 aliphatic carbocycles. The number of imidazole rings is 1. The van der Waals surface area contributed by atoms with Gasteiger partial charge in [0.15, 0.2) is 0 Å². The number of H-pyrrole nitrogens is 1. The normalized spacial score (nSPS) is 19.8. The topological polar surface area (TPSA) is 70.7 Å². The van der Waals surface area contributed by atoms with E-state index in [0.717, 1.165) is 59.1 Å². The summed E-state index contributed by atoms with van der Waals surface area (Å²) >= 11 is 0. The van der Waals surface area contributed by atoms with Crippen molar-refractivity contribution in [3.63, 3.8) is 0 Å². The first-order valence-electron chi connectivity index (χ1n) is 11.3. The number of aromatic nitrogens is 3. The van der Waals surface area contributed by atoms with Crippen LogP contribution in [0.15, 0.2) is 48.7 Å². The van der Waals surface area contributed by atoms with Gasteiger partial charge in [-0.1, -0.05) is 6.92 Å². The first kappa shape index (κ1) is 20.6. The SMILES string of the molecule is CC(=O)Nc1ccc2nc([C@H](C)[C@H]3CC[C@@H](c4ccnc5ccc(F)cc54)CC3)[nH]c2c1. The monoisotopic (exact) mass is 430 g/mol. The Labute approximate surface area is 186 Å². The molecule has 2 aromatic carbocycles. The van der Waals surface area contributed by atoms with Crippen molar-refractivity contribution in [2.24, 2.45) is 5.92 Å². The molecule has 0 saturated heterocycles. The number of pyridine rings is 1. The van der Waals surface area contributed by atoms with Crippen LogP contribution in [0.25, 0.3) is 21.9 Å². The van der Waals surface area contributed by atoms with E-state index < -0.39 is 0 Å². The molecule has 0 bridgehead atoms. The van der Waals surface area contributed by atoms with Crippen molar-refractivity contribution >= 4 is 33.5 Å². The molecule has 0 unspecified atom stereocenters. The summed E-state index contributed by atoms with van der Waals surface area (Å²) in [4.78, 5) is 24.0. The van der Waals surface area contributed by atoms with Gasteiger partial charge in [-0.05, 0) is 85.5 Å². The van der Waals surface area contributed by atoms with E-state index in [1.54, 1.807) is 12.1 Å². The molecule has 2 aromatic heterocycles. The fourth-order valence-electron chi connectivity index (χ4n) is 5.18. The van der Waals surface area contributed by atoms with Gasteiger partial charge in [0, 0.05) is 30.1 Å². The van der Waals surface area contributed by atoms with Crippen molar-refractivity contribution in [2.45, 2.75) is 51.4 Å². The van der Waals surface area contributed by atoms with Crippen LogP contribution in [-0.2, 0) is 4.79 Å². The zero-order valence-electron chi connectivity index (χ0n) is 18.4. The molecule has 1 aliphatic rings. The molecule has 1 atom stereocenters. The summed E-state index contributed by atoms with van der Waals surface area (Å²) in [7, 11) is 0. The zero-order chi connectivity index (χ0) is 22.2. The van der Waals surface area contributed by atoms with E-state index in [0.29, 0.717) is 17.8 Å². The molecular formula is C26H27FN4O. The van der Waals surface area contributed by atoms with Gasteiger partial charge < -0.3 is 10.3 Å². The number of hydrogen-bond acceptors (Lipinski definition) is 3. The summed E-state index contributed by atoms with van der Waals surface area (Å²) in [6.45, 7) is 3.75. The maximum absolute atomic E-state index is 13.9. The summed E-state index contributed by atoms with van der Waals surface area (Å²) in [6, 6.07) is 12.7. The second-order valence-corrected chi connectivity index (χ2v) is 9.00. The van der Waals surface area contributed by atoms with E-state index in [1.807, 2.05) is 24.4 Å². The molecule has 6 heteroatoms. The first-order valence-corrected chi connectivity index (χ1v) is 11.3. The summed E-state index contributed by atoms with van der Waals surface area (Å²) in [6.07, 6.45) is 6.22. The maximum atomic E-state index is 13.9. The number of benzene rings is 2. The van der Waals surface area contributed by atoms with Crippen LogP contribution in [0.2, 0.25) is 0 Å². The van der Waals surface area contributed by atoms with E-state index in [1.165, 1.54) is 18.6 Å². The molecule has 1 fully saturated rings. The standard InChI is InChI=1S/C26H27FN4O/c1-15(26-30-24-10-8-20(29-16(2)32)14-25(24)31-26)17-3-5-18(6-4-17)21-11-12-28-23-9-7-19(27)13-22(21)23/h7-15,17-18H,3-6H2,1-2H3,(H,29,32)(H,30,31)/t15-,17-,18+/m1/s1. The second-order valence-electron chi connectivity index (χ2n) is 9.00. The van der Waals surface area contributed by atoms with Crippen molar-refractivity contribution in [1.29, 1.82) is 0 Å². The lowest BCUT2D eigenvalue weighted by molar-refractivity contribution is -0.114. The quantitative estimate of drug-likeness (QED) is 0.400. The van der Waals surface area contributed by atoms with E-state index in [2.05, 4.69) is 28.3 Å². The lowest BCUT2D eigenvalue weighted by Crippen LogP contribution is -2.19. The molecule has 0 radical (unpaired) electrons. The number of anilines is 1. The largest absolute Gasteiger partial charge is 0.342 e. The summed E-state index contributed by atoms with van der Waals surface area (Å²) < 4.78 is 13.9. The number of nitrogens with zero attached hydrogens (tertiary/aromatic N) is 2. The van der Waals surface area contributed by atoms with E-state index >= 15 is 0 Å². The Kier molecular flexibility index (Phi) is 5.37. The van der Waals surface area contributed by atoms with Gasteiger partial charge in [0.25, 0.3) is 0 Å². The first-order chi connectivity index (χ1) is 15.5. The van der Waals surface area contributed by atoms with E-state index in [-0.39, 0.29) is 11.7 Å². The molecule has 5 rings (SSSR count). The summed E-state index contributed by atoms with van der Waals surface area (Å²) in [5.74, 6) is 2.01. The number of amides is 1. The summed E-state index contributed by atoms with van der Waals surface area (Å²) in [5.41, 5.74) is 4.71. The number of aromatic amines is 1. The minimum Gasteiger partial charge on any atom is -0.342 e. The van der Waals surface area contributed by atoms with Crippen LogP contribution in [0.4, 0.5) is 10.1 Å². The third-order valence-electron chi connectivity index (χ3n) is 6.91. The van der Waals surface area contributed by atoms with Crippen molar-refractivity contribution in [3.8, 4) is 0 Å². The number of fused-ring (bicyclic) bond motifs is 2. The lowest BCUT2D eigenvalue weighted by atomic mass is 9.73. The maximum Gasteiger partial charge on any atom is 0.221 e. The van der Waals surface area contributed by atoms with E-state index in [4.69, 9.17) is 4.98 Å². The minimum atomic E-state index is -0.208. The van der Waals surface area contributed by atoms with Gasteiger partial charge in [0.1, 0.15) is 11.6 Å². The van der Waals surface area contributed by atoms with E-state index in [9.17, 15) is 9.18 Å². The predicted octanol–water partition coefficient (Wildman–Crippen LogP) is 6.29. The molecular weight excluding hydrogens is 403 g/mol. The Morgan fingerprint density at radius 3 is 2.66 bits per heavy atom. The third-order valence-corrected chi connectivity index (χ3v) is 6.91. The minimum absolute atomic E-state index is 0.0843. The Morgan fingerprint density at radius 2 is 1.88 bits per heavy atom. The Bertz CT molecular complexity index is 1290. The van der Waals surface area contributed by atoms with Gasteiger partial charge in [0.2, 0.25) is 5.91 Å². The molecule has 2 N–H and O–H groups in total. The fourth-order valence-corrected chi connectivity index (χ4v) is 5.18. The molecule has 5 nitrogen and oxygen atoms in total. The smallest absolute Gasteiger partial charge is 0.221 e. The van der Waals surface area contributed by atoms with Crippen LogP contribution in [-0.4, -0.2) is 20.9 Å².